The third kappa shape index (κ3) is 4.05. The van der Waals surface area contributed by atoms with Crippen molar-refractivity contribution in [3.05, 3.63) is 87.6 Å². The number of amides is 1. The quantitative estimate of drug-likeness (QED) is 0.475. The van der Waals surface area contributed by atoms with Gasteiger partial charge < -0.3 is 9.80 Å². The number of hydrogen-bond acceptors (Lipinski definition) is 3. The van der Waals surface area contributed by atoms with Gasteiger partial charge in [-0.25, -0.2) is 4.98 Å². The molecule has 0 N–H and O–H groups in total. The van der Waals surface area contributed by atoms with E-state index in [1.807, 2.05) is 31.2 Å². The van der Waals surface area contributed by atoms with Crippen molar-refractivity contribution in [3.8, 4) is 0 Å². The summed E-state index contributed by atoms with van der Waals surface area (Å²) in [6.45, 7) is 3.64. The number of anilines is 2. The van der Waals surface area contributed by atoms with Gasteiger partial charge in [-0.15, -0.1) is 0 Å². The Hall–Kier alpha value is -3.06. The molecule has 0 fully saturated rings. The molecule has 166 valence electrons. The van der Waals surface area contributed by atoms with Gasteiger partial charge in [0.2, 0.25) is 0 Å². The molecule has 3 aromatic rings. The summed E-state index contributed by atoms with van der Waals surface area (Å²) in [4.78, 5) is 21.1. The zero-order valence-corrected chi connectivity index (χ0v) is 18.5. The summed E-state index contributed by atoms with van der Waals surface area (Å²) in [5.41, 5.74) is 2.55. The highest BCUT2D eigenvalue weighted by Gasteiger charge is 2.39. The van der Waals surface area contributed by atoms with Gasteiger partial charge in [-0.05, 0) is 60.9 Å². The number of likely N-dealkylation sites (N-methyl/N-ethyl adjacent to an activating group) is 1. The Morgan fingerprint density at radius 1 is 1.12 bits per heavy atom. The van der Waals surface area contributed by atoms with E-state index in [0.717, 1.165) is 28.8 Å². The first-order chi connectivity index (χ1) is 15.1. The number of benzene rings is 2. The van der Waals surface area contributed by atoms with Gasteiger partial charge in [0, 0.05) is 30.0 Å². The fraction of sp³-hybridized carbons (Fsp3) is 0.250. The number of alkyl halides is 3. The van der Waals surface area contributed by atoms with Crippen molar-refractivity contribution in [2.24, 2.45) is 0 Å². The molecule has 0 bridgehead atoms. The molecule has 0 unspecified atom stereocenters. The number of carbonyl (C=O) groups excluding carboxylic acids is 1. The molecule has 2 heterocycles. The van der Waals surface area contributed by atoms with Gasteiger partial charge >= 0.3 is 6.18 Å². The van der Waals surface area contributed by atoms with E-state index < -0.39 is 17.8 Å². The van der Waals surface area contributed by atoms with Crippen molar-refractivity contribution in [1.29, 1.82) is 0 Å². The van der Waals surface area contributed by atoms with Crippen LogP contribution < -0.4 is 9.80 Å². The fourth-order valence-electron chi connectivity index (χ4n) is 3.98. The first-order valence-electron chi connectivity index (χ1n) is 10.0. The fourth-order valence-corrected chi connectivity index (χ4v) is 4.09. The number of aryl methyl sites for hydroxylation is 2. The SMILES string of the molecule is Cc1cc(C(F)(F)F)cc(N2Cc3ccccc3[C@H]2C(=O)N(C)c2ccc(Cl)c(C)c2)n1. The monoisotopic (exact) mass is 459 g/mol. The molecule has 4 nitrogen and oxygen atoms in total. The molecule has 1 aromatic heterocycles. The molecule has 0 saturated carbocycles. The van der Waals surface area contributed by atoms with Crippen molar-refractivity contribution < 1.29 is 18.0 Å². The number of halogens is 4. The molecule has 32 heavy (non-hydrogen) atoms. The van der Waals surface area contributed by atoms with E-state index in [1.165, 1.54) is 11.8 Å². The first-order valence-corrected chi connectivity index (χ1v) is 10.4. The first kappa shape index (κ1) is 22.1. The van der Waals surface area contributed by atoms with Crippen LogP contribution in [-0.4, -0.2) is 17.9 Å². The highest BCUT2D eigenvalue weighted by atomic mass is 35.5. The molecular formula is C24H21ClF3N3O. The lowest BCUT2D eigenvalue weighted by Gasteiger charge is -2.30. The number of rotatable bonds is 3. The number of pyridine rings is 1. The topological polar surface area (TPSA) is 36.4 Å². The Morgan fingerprint density at radius 3 is 2.53 bits per heavy atom. The molecule has 4 rings (SSSR count). The molecule has 0 aliphatic carbocycles. The predicted molar refractivity (Wildman–Crippen MR) is 119 cm³/mol. The van der Waals surface area contributed by atoms with Gasteiger partial charge in [0.25, 0.3) is 5.91 Å². The van der Waals surface area contributed by atoms with Crippen LogP contribution in [0.2, 0.25) is 5.02 Å². The summed E-state index contributed by atoms with van der Waals surface area (Å²) < 4.78 is 40.3. The Morgan fingerprint density at radius 2 is 1.84 bits per heavy atom. The van der Waals surface area contributed by atoms with E-state index in [-0.39, 0.29) is 24.0 Å². The summed E-state index contributed by atoms with van der Waals surface area (Å²) in [5.74, 6) is -0.152. The molecule has 1 amide bonds. The average molecular weight is 460 g/mol. The summed E-state index contributed by atoms with van der Waals surface area (Å²) in [6.07, 6.45) is -4.51. The van der Waals surface area contributed by atoms with Crippen molar-refractivity contribution in [2.45, 2.75) is 32.6 Å². The molecule has 0 radical (unpaired) electrons. The lowest BCUT2D eigenvalue weighted by molar-refractivity contribution is -0.137. The smallest absolute Gasteiger partial charge is 0.336 e. The standard InChI is InChI=1S/C24H21ClF3N3O/c1-14-10-18(8-9-20(14)25)30(3)23(32)22-19-7-5-4-6-16(19)13-31(22)21-12-17(24(26,27)28)11-15(2)29-21/h4-12,22H,13H2,1-3H3/t22-/m0/s1. The van der Waals surface area contributed by atoms with Crippen LogP contribution in [0, 0.1) is 13.8 Å². The summed E-state index contributed by atoms with van der Waals surface area (Å²) in [7, 11) is 1.65. The van der Waals surface area contributed by atoms with Crippen LogP contribution in [0.3, 0.4) is 0 Å². The van der Waals surface area contributed by atoms with Gasteiger partial charge in [0.15, 0.2) is 0 Å². The molecule has 1 aliphatic heterocycles. The molecule has 0 spiro atoms. The lowest BCUT2D eigenvalue weighted by atomic mass is 10.0. The maximum atomic E-state index is 13.7. The van der Waals surface area contributed by atoms with Crippen LogP contribution in [0.1, 0.15) is 34.0 Å². The van der Waals surface area contributed by atoms with Gasteiger partial charge in [-0.2, -0.15) is 13.2 Å². The zero-order chi connectivity index (χ0) is 23.2. The predicted octanol–water partition coefficient (Wildman–Crippen LogP) is 6.09. The van der Waals surface area contributed by atoms with Gasteiger partial charge in [-0.3, -0.25) is 4.79 Å². The van der Waals surface area contributed by atoms with Gasteiger partial charge in [0.05, 0.1) is 5.56 Å². The normalized spacial score (nSPS) is 15.6. The highest BCUT2D eigenvalue weighted by molar-refractivity contribution is 6.31. The van der Waals surface area contributed by atoms with Crippen LogP contribution in [0.5, 0.6) is 0 Å². The Kier molecular flexibility index (Phi) is 5.63. The van der Waals surface area contributed by atoms with Crippen LogP contribution in [0.15, 0.2) is 54.6 Å². The number of fused-ring (bicyclic) bond motifs is 1. The Bertz CT molecular complexity index is 1200. The van der Waals surface area contributed by atoms with E-state index in [1.54, 1.807) is 30.1 Å². The summed E-state index contributed by atoms with van der Waals surface area (Å²) >= 11 is 6.12. The van der Waals surface area contributed by atoms with Crippen LogP contribution in [0.25, 0.3) is 0 Å². The van der Waals surface area contributed by atoms with E-state index in [2.05, 4.69) is 4.98 Å². The minimum Gasteiger partial charge on any atom is -0.336 e. The summed E-state index contributed by atoms with van der Waals surface area (Å²) in [5, 5.41) is 0.589. The highest BCUT2D eigenvalue weighted by Crippen LogP contribution is 2.40. The molecular weight excluding hydrogens is 439 g/mol. The maximum absolute atomic E-state index is 13.7. The maximum Gasteiger partial charge on any atom is 0.416 e. The largest absolute Gasteiger partial charge is 0.416 e. The number of aromatic nitrogens is 1. The van der Waals surface area contributed by atoms with E-state index >= 15 is 0 Å². The minimum atomic E-state index is -4.51. The van der Waals surface area contributed by atoms with Crippen molar-refractivity contribution >= 4 is 29.0 Å². The second kappa shape index (κ2) is 8.13. The summed E-state index contributed by atoms with van der Waals surface area (Å²) in [6, 6.07) is 13.8. The Labute approximate surface area is 189 Å². The molecule has 8 heteroatoms. The lowest BCUT2D eigenvalue weighted by Crippen LogP contribution is -2.38. The molecule has 0 saturated heterocycles. The second-order valence-corrected chi connectivity index (χ2v) is 8.32. The third-order valence-electron chi connectivity index (χ3n) is 5.66. The number of nitrogens with zero attached hydrogens (tertiary/aromatic N) is 3. The molecule has 1 aliphatic rings. The van der Waals surface area contributed by atoms with Crippen LogP contribution in [0.4, 0.5) is 24.7 Å². The van der Waals surface area contributed by atoms with Crippen molar-refractivity contribution in [3.63, 3.8) is 0 Å². The number of hydrogen-bond donors (Lipinski definition) is 0. The van der Waals surface area contributed by atoms with E-state index in [0.29, 0.717) is 10.7 Å². The van der Waals surface area contributed by atoms with Crippen molar-refractivity contribution in [1.82, 2.24) is 4.98 Å². The number of carbonyl (C=O) groups is 1. The van der Waals surface area contributed by atoms with Crippen LogP contribution in [-0.2, 0) is 17.5 Å². The molecule has 2 aromatic carbocycles. The van der Waals surface area contributed by atoms with Gasteiger partial charge in [-0.1, -0.05) is 35.9 Å². The second-order valence-electron chi connectivity index (χ2n) is 7.91. The zero-order valence-electron chi connectivity index (χ0n) is 17.7. The van der Waals surface area contributed by atoms with Gasteiger partial charge in [0.1, 0.15) is 11.9 Å². The average Bonchev–Trinajstić information content (AvgIpc) is 3.13. The van der Waals surface area contributed by atoms with Crippen molar-refractivity contribution in [2.75, 3.05) is 16.8 Å². The van der Waals surface area contributed by atoms with E-state index in [9.17, 15) is 18.0 Å². The molecule has 1 atom stereocenters. The Balaban J connectivity index is 1.78. The third-order valence-corrected chi connectivity index (χ3v) is 6.08. The minimum absolute atomic E-state index is 0.118. The van der Waals surface area contributed by atoms with E-state index in [4.69, 9.17) is 11.6 Å². The van der Waals surface area contributed by atoms with Crippen LogP contribution >= 0.6 is 11.6 Å².